The number of para-hydroxylation sites is 1. The number of amides is 1. The Bertz CT molecular complexity index is 940. The van der Waals surface area contributed by atoms with Crippen LogP contribution in [-0.2, 0) is 14.9 Å². The Labute approximate surface area is 199 Å². The minimum absolute atomic E-state index is 0.153. The Balaban J connectivity index is 0.000000423. The highest BCUT2D eigenvalue weighted by molar-refractivity contribution is 8.27. The molecule has 1 saturated heterocycles. The average Bonchev–Trinajstić information content (AvgIpc) is 3.21. The zero-order chi connectivity index (χ0) is 23.2. The fraction of sp³-hybridized carbons (Fsp3) is 0.500. The molecule has 31 heavy (non-hydrogen) atoms. The van der Waals surface area contributed by atoms with E-state index in [1.165, 1.54) is 48.1 Å². The normalized spacial score (nSPS) is 18.5. The summed E-state index contributed by atoms with van der Waals surface area (Å²) < 4.78 is 31.4. The van der Waals surface area contributed by atoms with E-state index in [4.69, 9.17) is 16.8 Å². The van der Waals surface area contributed by atoms with Crippen molar-refractivity contribution in [1.29, 1.82) is 0 Å². The van der Waals surface area contributed by atoms with Crippen LogP contribution in [0, 0.1) is 0 Å². The number of thiocarbonyl (C=S) groups is 1. The Kier molecular flexibility index (Phi) is 9.84. The average molecular weight is 504 g/mol. The SMILES string of the molecule is CCN(CC)CC.CN1C(=O)/C(=C2/Sc3ccccc3N2CCCS(=O)(=O)O)SC1=S. The molecule has 0 bridgehead atoms. The molecule has 2 aliphatic heterocycles. The topological polar surface area (TPSA) is 81.2 Å². The summed E-state index contributed by atoms with van der Waals surface area (Å²) in [6.45, 7) is 10.5. The van der Waals surface area contributed by atoms with Crippen LogP contribution in [0.3, 0.4) is 0 Å². The Hall–Kier alpha value is -1.11. The minimum atomic E-state index is -4.01. The van der Waals surface area contributed by atoms with Crippen molar-refractivity contribution in [2.45, 2.75) is 32.1 Å². The van der Waals surface area contributed by atoms with E-state index in [1.54, 1.807) is 7.05 Å². The van der Waals surface area contributed by atoms with Gasteiger partial charge in [-0.3, -0.25) is 14.2 Å². The zero-order valence-corrected chi connectivity index (χ0v) is 21.5. The van der Waals surface area contributed by atoms with Crippen molar-refractivity contribution in [3.8, 4) is 0 Å². The lowest BCUT2D eigenvalue weighted by Crippen LogP contribution is -2.26. The first kappa shape index (κ1) is 26.1. The van der Waals surface area contributed by atoms with Gasteiger partial charge < -0.3 is 9.80 Å². The van der Waals surface area contributed by atoms with E-state index in [-0.39, 0.29) is 18.1 Å². The van der Waals surface area contributed by atoms with Crippen LogP contribution in [0.2, 0.25) is 0 Å². The number of nitrogens with zero attached hydrogens (tertiary/aromatic N) is 3. The smallest absolute Gasteiger partial charge is 0.268 e. The summed E-state index contributed by atoms with van der Waals surface area (Å²) in [4.78, 5) is 19.7. The summed E-state index contributed by atoms with van der Waals surface area (Å²) in [6, 6.07) is 7.68. The third-order valence-corrected chi connectivity index (χ3v) is 8.55. The summed E-state index contributed by atoms with van der Waals surface area (Å²) in [5.74, 6) is -0.474. The molecule has 0 aromatic heterocycles. The number of likely N-dealkylation sites (N-methyl/N-ethyl adjacent to an activating group) is 1. The third kappa shape index (κ3) is 6.93. The second kappa shape index (κ2) is 11.7. The molecule has 172 valence electrons. The van der Waals surface area contributed by atoms with Crippen LogP contribution in [0.5, 0.6) is 0 Å². The van der Waals surface area contributed by atoms with Crippen LogP contribution in [0.4, 0.5) is 5.69 Å². The van der Waals surface area contributed by atoms with Gasteiger partial charge in [0.2, 0.25) is 0 Å². The molecule has 0 aliphatic carbocycles. The predicted molar refractivity (Wildman–Crippen MR) is 134 cm³/mol. The van der Waals surface area contributed by atoms with Gasteiger partial charge in [-0.25, -0.2) is 0 Å². The monoisotopic (exact) mass is 503 g/mol. The van der Waals surface area contributed by atoms with Gasteiger partial charge in [-0.2, -0.15) is 8.42 Å². The van der Waals surface area contributed by atoms with Crippen LogP contribution in [-0.4, -0.2) is 72.0 Å². The van der Waals surface area contributed by atoms with E-state index in [9.17, 15) is 13.2 Å². The van der Waals surface area contributed by atoms with Crippen molar-refractivity contribution in [2.24, 2.45) is 0 Å². The lowest BCUT2D eigenvalue weighted by atomic mass is 10.3. The molecule has 0 spiro atoms. The van der Waals surface area contributed by atoms with Gasteiger partial charge >= 0.3 is 0 Å². The molecule has 11 heteroatoms. The van der Waals surface area contributed by atoms with E-state index in [0.717, 1.165) is 15.6 Å². The van der Waals surface area contributed by atoms with Crippen LogP contribution in [0.15, 0.2) is 39.1 Å². The zero-order valence-electron chi connectivity index (χ0n) is 18.2. The maximum Gasteiger partial charge on any atom is 0.268 e. The largest absolute Gasteiger partial charge is 0.334 e. The molecule has 0 unspecified atom stereocenters. The van der Waals surface area contributed by atoms with E-state index < -0.39 is 10.1 Å². The fourth-order valence-corrected chi connectivity index (χ4v) is 6.08. The van der Waals surface area contributed by atoms with Gasteiger partial charge in [-0.15, -0.1) is 0 Å². The van der Waals surface area contributed by atoms with E-state index in [1.807, 2.05) is 29.2 Å². The molecule has 1 aromatic carbocycles. The van der Waals surface area contributed by atoms with Crippen molar-refractivity contribution in [3.63, 3.8) is 0 Å². The van der Waals surface area contributed by atoms with Crippen LogP contribution in [0.25, 0.3) is 0 Å². The number of hydrogen-bond acceptors (Lipinski definition) is 8. The molecule has 1 fully saturated rings. The first-order valence-corrected chi connectivity index (χ1v) is 13.7. The quantitative estimate of drug-likeness (QED) is 0.339. The van der Waals surface area contributed by atoms with Gasteiger partial charge in [0.25, 0.3) is 16.0 Å². The number of carbonyl (C=O) groups excluding carboxylic acids is 1. The number of fused-ring (bicyclic) bond motifs is 1. The lowest BCUT2D eigenvalue weighted by molar-refractivity contribution is -0.121. The molecule has 3 rings (SSSR count). The first-order chi connectivity index (χ1) is 14.6. The number of rotatable bonds is 7. The van der Waals surface area contributed by atoms with Gasteiger partial charge in [0.1, 0.15) is 14.3 Å². The maximum absolute atomic E-state index is 12.4. The molecule has 7 nitrogen and oxygen atoms in total. The number of carbonyl (C=O) groups is 1. The fourth-order valence-electron chi connectivity index (χ4n) is 3.07. The molecule has 1 N–H and O–H groups in total. The second-order valence-corrected chi connectivity index (χ2v) is 11.1. The molecule has 0 radical (unpaired) electrons. The first-order valence-electron chi connectivity index (χ1n) is 10.1. The maximum atomic E-state index is 12.4. The third-order valence-electron chi connectivity index (χ3n) is 4.89. The van der Waals surface area contributed by atoms with Crippen molar-refractivity contribution in [2.75, 3.05) is 43.9 Å². The summed E-state index contributed by atoms with van der Waals surface area (Å²) >= 11 is 7.91. The summed E-state index contributed by atoms with van der Waals surface area (Å²) in [6.07, 6.45) is 0.254. The van der Waals surface area contributed by atoms with Crippen molar-refractivity contribution < 1.29 is 17.8 Å². The Morgan fingerprint density at radius 2 is 1.71 bits per heavy atom. The molecule has 1 aromatic rings. The van der Waals surface area contributed by atoms with Crippen LogP contribution < -0.4 is 4.90 Å². The highest BCUT2D eigenvalue weighted by Crippen LogP contribution is 2.50. The van der Waals surface area contributed by atoms with E-state index in [2.05, 4.69) is 25.7 Å². The molecule has 0 atom stereocenters. The van der Waals surface area contributed by atoms with Gasteiger partial charge in [0.05, 0.1) is 11.4 Å². The Morgan fingerprint density at radius 3 is 2.19 bits per heavy atom. The van der Waals surface area contributed by atoms with Gasteiger partial charge in [-0.05, 0) is 38.2 Å². The summed E-state index contributed by atoms with van der Waals surface area (Å²) in [5.41, 5.74) is 0.925. The van der Waals surface area contributed by atoms with Gasteiger partial charge in [0.15, 0.2) is 0 Å². The highest BCUT2D eigenvalue weighted by Gasteiger charge is 2.37. The molecular formula is C20H29N3O4S4. The minimum Gasteiger partial charge on any atom is -0.334 e. The van der Waals surface area contributed by atoms with Crippen molar-refractivity contribution >= 4 is 61.8 Å². The second-order valence-electron chi connectivity index (χ2n) is 6.85. The van der Waals surface area contributed by atoms with Crippen molar-refractivity contribution in [1.82, 2.24) is 9.80 Å². The van der Waals surface area contributed by atoms with E-state index >= 15 is 0 Å². The van der Waals surface area contributed by atoms with Crippen LogP contribution >= 0.6 is 35.7 Å². The molecule has 1 amide bonds. The standard InChI is InChI=1S/C14H14N2O4S4.C6H15N/c1-15-12(17)11(23-14(15)21)13-16(7-4-8-24(18,19)20)9-5-2-3-6-10(9)22-13;1-4-7(5-2)6-3/h2-3,5-6H,4,7-8H2,1H3,(H,18,19,20);4-6H2,1-3H3/b13-11-;. The van der Waals surface area contributed by atoms with Gasteiger partial charge in [0, 0.05) is 18.5 Å². The van der Waals surface area contributed by atoms with Crippen LogP contribution in [0.1, 0.15) is 27.2 Å². The number of anilines is 1. The Morgan fingerprint density at radius 1 is 1.10 bits per heavy atom. The number of thioether (sulfide) groups is 2. The number of hydrogen-bond donors (Lipinski definition) is 1. The highest BCUT2D eigenvalue weighted by atomic mass is 32.2. The molecule has 2 aliphatic rings. The van der Waals surface area contributed by atoms with Gasteiger partial charge in [-0.1, -0.05) is 68.6 Å². The summed E-state index contributed by atoms with van der Waals surface area (Å²) in [7, 11) is -2.37. The van der Waals surface area contributed by atoms with E-state index in [0.29, 0.717) is 15.8 Å². The van der Waals surface area contributed by atoms with Crippen molar-refractivity contribution in [3.05, 3.63) is 34.2 Å². The molecule has 2 heterocycles. The number of benzene rings is 1. The lowest BCUT2D eigenvalue weighted by Gasteiger charge is -2.21. The molecule has 0 saturated carbocycles. The summed E-state index contributed by atoms with van der Waals surface area (Å²) in [5, 5.41) is 0.758. The predicted octanol–water partition coefficient (Wildman–Crippen LogP) is 3.88. The molecular weight excluding hydrogens is 475 g/mol.